The van der Waals surface area contributed by atoms with Crippen molar-refractivity contribution in [3.05, 3.63) is 59.7 Å². The van der Waals surface area contributed by atoms with Crippen LogP contribution in [-0.4, -0.2) is 0 Å². The lowest BCUT2D eigenvalue weighted by atomic mass is 10.2. The van der Waals surface area contributed by atoms with Gasteiger partial charge in [-0.25, -0.2) is 8.78 Å². The Morgan fingerprint density at radius 2 is 1.56 bits per heavy atom. The summed E-state index contributed by atoms with van der Waals surface area (Å²) in [7, 11) is 0. The van der Waals surface area contributed by atoms with Crippen LogP contribution in [0.5, 0.6) is 0 Å². The number of para-hydroxylation sites is 1. The summed E-state index contributed by atoms with van der Waals surface area (Å²) >= 11 is 0. The third kappa shape index (κ3) is 2.19. The summed E-state index contributed by atoms with van der Waals surface area (Å²) in [5.74, 6) is -0.786. The van der Waals surface area contributed by atoms with Gasteiger partial charge in [0.05, 0.1) is 11.4 Å². The van der Waals surface area contributed by atoms with E-state index in [0.29, 0.717) is 0 Å². The zero-order valence-corrected chi connectivity index (χ0v) is 8.80. The van der Waals surface area contributed by atoms with Crippen LogP contribution in [0.15, 0.2) is 42.5 Å². The maximum atomic E-state index is 13.5. The molecular weight excluding hydrogens is 208 g/mol. The smallest absolute Gasteiger partial charge is 0.146 e. The second kappa shape index (κ2) is 4.31. The molecule has 0 spiro atoms. The third-order valence-corrected chi connectivity index (χ3v) is 2.27. The fraction of sp³-hybridized carbons (Fsp3) is 0.0769. The second-order valence-electron chi connectivity index (χ2n) is 3.59. The molecule has 2 aromatic carbocycles. The molecule has 82 valence electrons. The highest BCUT2D eigenvalue weighted by Crippen LogP contribution is 2.22. The summed E-state index contributed by atoms with van der Waals surface area (Å²) in [4.78, 5) is 0. The van der Waals surface area contributed by atoms with Crippen molar-refractivity contribution in [2.45, 2.75) is 6.92 Å². The lowest BCUT2D eigenvalue weighted by molar-refractivity contribution is 0.625. The van der Waals surface area contributed by atoms with E-state index in [1.807, 2.05) is 0 Å². The highest BCUT2D eigenvalue weighted by molar-refractivity contribution is 5.60. The topological polar surface area (TPSA) is 12.0 Å². The van der Waals surface area contributed by atoms with Crippen molar-refractivity contribution in [2.24, 2.45) is 0 Å². The summed E-state index contributed by atoms with van der Waals surface area (Å²) in [6.45, 7) is 1.80. The standard InChI is InChI=1S/C13H11F2N/c1-9-6-7-13(11(15)8-9)16-12-5-3-2-4-10(12)14/h2-8,16H,1H3. The van der Waals surface area contributed by atoms with Gasteiger partial charge in [0.2, 0.25) is 0 Å². The Balaban J connectivity index is 2.31. The predicted molar refractivity (Wildman–Crippen MR) is 60.8 cm³/mol. The highest BCUT2D eigenvalue weighted by Gasteiger charge is 2.05. The zero-order valence-electron chi connectivity index (χ0n) is 8.80. The van der Waals surface area contributed by atoms with Crippen LogP contribution >= 0.6 is 0 Å². The molecule has 16 heavy (non-hydrogen) atoms. The average Bonchev–Trinajstić information content (AvgIpc) is 2.25. The molecule has 0 atom stereocenters. The summed E-state index contributed by atoms with van der Waals surface area (Å²) in [5.41, 5.74) is 1.37. The van der Waals surface area contributed by atoms with Crippen molar-refractivity contribution in [3.8, 4) is 0 Å². The van der Waals surface area contributed by atoms with Crippen LogP contribution < -0.4 is 5.32 Å². The number of anilines is 2. The summed E-state index contributed by atoms with van der Waals surface area (Å²) in [5, 5.41) is 2.72. The molecule has 2 rings (SSSR count). The Hall–Kier alpha value is -1.90. The Kier molecular flexibility index (Phi) is 2.86. The molecule has 0 unspecified atom stereocenters. The molecule has 1 N–H and O–H groups in total. The van der Waals surface area contributed by atoms with Crippen molar-refractivity contribution >= 4 is 11.4 Å². The van der Waals surface area contributed by atoms with E-state index in [1.165, 1.54) is 12.1 Å². The van der Waals surface area contributed by atoms with Gasteiger partial charge < -0.3 is 5.32 Å². The molecule has 0 aliphatic rings. The van der Waals surface area contributed by atoms with Crippen LogP contribution in [0.25, 0.3) is 0 Å². The summed E-state index contributed by atoms with van der Waals surface area (Å²) in [6.07, 6.45) is 0. The van der Waals surface area contributed by atoms with E-state index >= 15 is 0 Å². The molecule has 2 aromatic rings. The van der Waals surface area contributed by atoms with Crippen LogP contribution in [0.2, 0.25) is 0 Å². The first-order valence-corrected chi connectivity index (χ1v) is 4.94. The molecule has 0 aromatic heterocycles. The molecule has 0 bridgehead atoms. The third-order valence-electron chi connectivity index (χ3n) is 2.27. The largest absolute Gasteiger partial charge is 0.351 e. The predicted octanol–water partition coefficient (Wildman–Crippen LogP) is 4.02. The van der Waals surface area contributed by atoms with Crippen molar-refractivity contribution in [1.82, 2.24) is 0 Å². The molecule has 0 saturated heterocycles. The minimum Gasteiger partial charge on any atom is -0.351 e. The van der Waals surface area contributed by atoms with E-state index in [0.717, 1.165) is 5.56 Å². The molecule has 3 heteroatoms. The Morgan fingerprint density at radius 1 is 0.875 bits per heavy atom. The quantitative estimate of drug-likeness (QED) is 0.804. The SMILES string of the molecule is Cc1ccc(Nc2ccccc2F)c(F)c1. The van der Waals surface area contributed by atoms with Gasteiger partial charge in [-0.05, 0) is 36.8 Å². The number of hydrogen-bond donors (Lipinski definition) is 1. The molecule has 0 amide bonds. The zero-order chi connectivity index (χ0) is 11.5. The Labute approximate surface area is 92.7 Å². The summed E-state index contributed by atoms with van der Waals surface area (Å²) < 4.78 is 26.8. The molecule has 0 radical (unpaired) electrons. The van der Waals surface area contributed by atoms with Gasteiger partial charge in [0.25, 0.3) is 0 Å². The Morgan fingerprint density at radius 3 is 2.25 bits per heavy atom. The molecule has 1 nitrogen and oxygen atoms in total. The second-order valence-corrected chi connectivity index (χ2v) is 3.59. The first-order chi connectivity index (χ1) is 7.66. The summed E-state index contributed by atoms with van der Waals surface area (Å²) in [6, 6.07) is 10.9. The minimum absolute atomic E-state index is 0.269. The van der Waals surface area contributed by atoms with Crippen molar-refractivity contribution in [3.63, 3.8) is 0 Å². The minimum atomic E-state index is -0.400. The van der Waals surface area contributed by atoms with E-state index in [9.17, 15) is 8.78 Å². The lowest BCUT2D eigenvalue weighted by Crippen LogP contribution is -1.96. The molecule has 0 aliphatic carbocycles. The lowest BCUT2D eigenvalue weighted by Gasteiger charge is -2.08. The van der Waals surface area contributed by atoms with E-state index in [4.69, 9.17) is 0 Å². The maximum absolute atomic E-state index is 13.5. The molecular formula is C13H11F2N. The maximum Gasteiger partial charge on any atom is 0.146 e. The highest BCUT2D eigenvalue weighted by atomic mass is 19.1. The fourth-order valence-electron chi connectivity index (χ4n) is 1.43. The average molecular weight is 219 g/mol. The molecule has 0 heterocycles. The van der Waals surface area contributed by atoms with Gasteiger partial charge in [0, 0.05) is 0 Å². The van der Waals surface area contributed by atoms with E-state index < -0.39 is 5.82 Å². The van der Waals surface area contributed by atoms with E-state index in [1.54, 1.807) is 37.3 Å². The monoisotopic (exact) mass is 219 g/mol. The molecule has 0 aliphatic heterocycles. The van der Waals surface area contributed by atoms with Gasteiger partial charge in [-0.2, -0.15) is 0 Å². The van der Waals surface area contributed by atoms with Crippen LogP contribution in [0.4, 0.5) is 20.2 Å². The first-order valence-electron chi connectivity index (χ1n) is 4.94. The van der Waals surface area contributed by atoms with E-state index in [2.05, 4.69) is 5.32 Å². The van der Waals surface area contributed by atoms with Gasteiger partial charge in [0.15, 0.2) is 0 Å². The number of hydrogen-bond acceptors (Lipinski definition) is 1. The van der Waals surface area contributed by atoms with Crippen molar-refractivity contribution in [2.75, 3.05) is 5.32 Å². The van der Waals surface area contributed by atoms with Gasteiger partial charge in [-0.3, -0.25) is 0 Å². The number of halogens is 2. The van der Waals surface area contributed by atoms with Gasteiger partial charge in [-0.15, -0.1) is 0 Å². The van der Waals surface area contributed by atoms with Crippen LogP contribution in [0.3, 0.4) is 0 Å². The number of rotatable bonds is 2. The van der Waals surface area contributed by atoms with E-state index in [-0.39, 0.29) is 17.2 Å². The van der Waals surface area contributed by atoms with Crippen LogP contribution in [0, 0.1) is 18.6 Å². The number of nitrogens with one attached hydrogen (secondary N) is 1. The first kappa shape index (κ1) is 10.6. The number of benzene rings is 2. The van der Waals surface area contributed by atoms with Crippen LogP contribution in [0.1, 0.15) is 5.56 Å². The van der Waals surface area contributed by atoms with Gasteiger partial charge in [0.1, 0.15) is 11.6 Å². The molecule has 0 saturated carbocycles. The van der Waals surface area contributed by atoms with Crippen molar-refractivity contribution < 1.29 is 8.78 Å². The van der Waals surface area contributed by atoms with Crippen molar-refractivity contribution in [1.29, 1.82) is 0 Å². The van der Waals surface area contributed by atoms with Gasteiger partial charge in [-0.1, -0.05) is 18.2 Å². The van der Waals surface area contributed by atoms with Gasteiger partial charge >= 0.3 is 0 Å². The fourth-order valence-corrected chi connectivity index (χ4v) is 1.43. The Bertz CT molecular complexity index is 509. The number of aryl methyl sites for hydroxylation is 1. The molecule has 0 fully saturated rings. The normalized spacial score (nSPS) is 10.2. The van der Waals surface area contributed by atoms with Crippen LogP contribution in [-0.2, 0) is 0 Å².